The lowest BCUT2D eigenvalue weighted by molar-refractivity contribution is -0.0543. The maximum absolute atomic E-state index is 13.2. The molecule has 3 rings (SSSR count). The van der Waals surface area contributed by atoms with Gasteiger partial charge in [-0.15, -0.1) is 0 Å². The predicted molar refractivity (Wildman–Crippen MR) is 102 cm³/mol. The van der Waals surface area contributed by atoms with Crippen LogP contribution in [0.15, 0.2) is 24.3 Å². The topological polar surface area (TPSA) is 53.0 Å². The summed E-state index contributed by atoms with van der Waals surface area (Å²) in [6.45, 7) is 8.04. The zero-order chi connectivity index (χ0) is 19.4. The minimum atomic E-state index is -0.354. The number of rotatable bonds is 8. The van der Waals surface area contributed by atoms with Gasteiger partial charge in [0, 0.05) is 38.3 Å². The molecular formula is C21H31FN2O3. The first-order valence-electron chi connectivity index (χ1n) is 9.99. The molecule has 1 heterocycles. The van der Waals surface area contributed by atoms with Gasteiger partial charge in [-0.1, -0.05) is 13.8 Å². The third-order valence-corrected chi connectivity index (χ3v) is 5.42. The smallest absolute Gasteiger partial charge is 0.253 e. The van der Waals surface area contributed by atoms with E-state index in [0.29, 0.717) is 37.7 Å². The van der Waals surface area contributed by atoms with Crippen LogP contribution in [-0.2, 0) is 4.74 Å². The highest BCUT2D eigenvalue weighted by Crippen LogP contribution is 2.30. The Balaban J connectivity index is 1.61. The number of carbonyl (C=O) groups excluding carboxylic acids is 1. The number of benzene rings is 1. The monoisotopic (exact) mass is 378 g/mol. The molecule has 1 amide bonds. The van der Waals surface area contributed by atoms with Crippen molar-refractivity contribution in [2.24, 2.45) is 11.8 Å². The van der Waals surface area contributed by atoms with Crippen molar-refractivity contribution in [1.82, 2.24) is 9.80 Å². The first-order valence-corrected chi connectivity index (χ1v) is 9.99. The molecule has 150 valence electrons. The van der Waals surface area contributed by atoms with Crippen LogP contribution >= 0.6 is 0 Å². The summed E-state index contributed by atoms with van der Waals surface area (Å²) in [5.74, 6) is 0.384. The van der Waals surface area contributed by atoms with Gasteiger partial charge >= 0.3 is 0 Å². The Hall–Kier alpha value is -1.50. The van der Waals surface area contributed by atoms with Crippen LogP contribution in [0.3, 0.4) is 0 Å². The molecule has 0 aromatic heterocycles. The number of aliphatic hydroxyl groups excluding tert-OH is 1. The average molecular weight is 378 g/mol. The first kappa shape index (κ1) is 20.2. The molecule has 1 aromatic rings. The van der Waals surface area contributed by atoms with Crippen molar-refractivity contribution in [3.05, 3.63) is 35.6 Å². The van der Waals surface area contributed by atoms with Gasteiger partial charge in [0.15, 0.2) is 0 Å². The third kappa shape index (κ3) is 5.99. The lowest BCUT2D eigenvalue weighted by atomic mass is 10.1. The number of hydrogen-bond donors (Lipinski definition) is 1. The van der Waals surface area contributed by atoms with Crippen molar-refractivity contribution >= 4 is 5.91 Å². The summed E-state index contributed by atoms with van der Waals surface area (Å²) >= 11 is 0. The molecule has 1 aromatic carbocycles. The zero-order valence-corrected chi connectivity index (χ0v) is 16.3. The molecule has 1 saturated heterocycles. The van der Waals surface area contributed by atoms with Crippen LogP contribution in [0.5, 0.6) is 0 Å². The van der Waals surface area contributed by atoms with Gasteiger partial charge in [-0.3, -0.25) is 9.69 Å². The number of morpholine rings is 1. The van der Waals surface area contributed by atoms with Gasteiger partial charge in [-0.2, -0.15) is 0 Å². The lowest BCUT2D eigenvalue weighted by Gasteiger charge is -2.37. The Morgan fingerprint density at radius 2 is 2.00 bits per heavy atom. The molecule has 1 aliphatic carbocycles. The second-order valence-electron chi connectivity index (χ2n) is 8.22. The zero-order valence-electron chi connectivity index (χ0n) is 16.3. The molecule has 1 saturated carbocycles. The Morgan fingerprint density at radius 3 is 2.63 bits per heavy atom. The highest BCUT2D eigenvalue weighted by Gasteiger charge is 2.31. The fourth-order valence-electron chi connectivity index (χ4n) is 3.41. The molecule has 2 aliphatic rings. The normalized spacial score (nSPS) is 22.0. The summed E-state index contributed by atoms with van der Waals surface area (Å²) in [4.78, 5) is 17.0. The number of halogens is 1. The van der Waals surface area contributed by atoms with Gasteiger partial charge in [-0.05, 0) is 48.9 Å². The number of nitrogens with zero attached hydrogens (tertiary/aromatic N) is 2. The van der Waals surface area contributed by atoms with Crippen LogP contribution < -0.4 is 0 Å². The Morgan fingerprint density at radius 1 is 1.30 bits per heavy atom. The minimum absolute atomic E-state index is 0.0650. The second kappa shape index (κ2) is 9.13. The molecule has 2 fully saturated rings. The molecule has 5 nitrogen and oxygen atoms in total. The lowest BCUT2D eigenvalue weighted by Crippen LogP contribution is -2.51. The largest absolute Gasteiger partial charge is 0.392 e. The molecule has 0 bridgehead atoms. The van der Waals surface area contributed by atoms with Crippen LogP contribution in [-0.4, -0.2) is 72.4 Å². The van der Waals surface area contributed by atoms with Crippen LogP contribution in [0.2, 0.25) is 0 Å². The Kier molecular flexibility index (Phi) is 6.84. The van der Waals surface area contributed by atoms with Crippen LogP contribution in [0.4, 0.5) is 4.39 Å². The van der Waals surface area contributed by atoms with Gasteiger partial charge in [-0.25, -0.2) is 4.39 Å². The SMILES string of the molecule is CC(C)[C@@H](O)CN1CCO[C@H](CN(CC2CC2)C(=O)c2ccc(F)cc2)C1. The number of carbonyl (C=O) groups is 1. The summed E-state index contributed by atoms with van der Waals surface area (Å²) < 4.78 is 19.1. The molecule has 0 unspecified atom stereocenters. The standard InChI is InChI=1S/C21H31FN2O3/c1-15(2)20(25)14-23-9-10-27-19(12-23)13-24(11-16-3-4-16)21(26)17-5-7-18(22)8-6-17/h5-8,15-16,19-20,25H,3-4,9-14H2,1-2H3/t19-,20-/m0/s1. The molecule has 0 spiro atoms. The molecule has 1 N–H and O–H groups in total. The van der Waals surface area contributed by atoms with E-state index < -0.39 is 0 Å². The third-order valence-electron chi connectivity index (χ3n) is 5.42. The van der Waals surface area contributed by atoms with Crippen LogP contribution in [0, 0.1) is 17.7 Å². The van der Waals surface area contributed by atoms with Crippen LogP contribution in [0.25, 0.3) is 0 Å². The Labute approximate surface area is 161 Å². The Bertz CT molecular complexity index is 618. The van der Waals surface area contributed by atoms with E-state index in [1.165, 1.54) is 12.1 Å². The van der Waals surface area contributed by atoms with E-state index in [2.05, 4.69) is 4.90 Å². The quantitative estimate of drug-likeness (QED) is 0.755. The fourth-order valence-corrected chi connectivity index (χ4v) is 3.41. The van der Waals surface area contributed by atoms with Crippen molar-refractivity contribution in [1.29, 1.82) is 0 Å². The number of aliphatic hydroxyl groups is 1. The molecule has 1 aliphatic heterocycles. The number of hydrogen-bond acceptors (Lipinski definition) is 4. The van der Waals surface area contributed by atoms with E-state index in [-0.39, 0.29) is 29.9 Å². The highest BCUT2D eigenvalue weighted by molar-refractivity contribution is 5.94. The molecule has 2 atom stereocenters. The summed E-state index contributed by atoms with van der Waals surface area (Å²) in [5, 5.41) is 10.2. The van der Waals surface area contributed by atoms with Crippen molar-refractivity contribution in [3.8, 4) is 0 Å². The first-order chi connectivity index (χ1) is 12.9. The maximum atomic E-state index is 13.2. The van der Waals surface area contributed by atoms with Crippen molar-refractivity contribution in [2.45, 2.75) is 38.9 Å². The summed E-state index contributed by atoms with van der Waals surface area (Å²) in [5.41, 5.74) is 0.514. The molecule has 0 radical (unpaired) electrons. The van der Waals surface area contributed by atoms with Gasteiger partial charge in [0.05, 0.1) is 18.8 Å². The van der Waals surface area contributed by atoms with Gasteiger partial charge < -0.3 is 14.7 Å². The number of β-amino-alcohol motifs (C(OH)–C–C–N with tert-alkyl or cyclic N) is 1. The van der Waals surface area contributed by atoms with Crippen molar-refractivity contribution < 1.29 is 19.0 Å². The van der Waals surface area contributed by atoms with E-state index in [1.807, 2.05) is 18.7 Å². The van der Waals surface area contributed by atoms with Gasteiger partial charge in [0.2, 0.25) is 0 Å². The fraction of sp³-hybridized carbons (Fsp3) is 0.667. The van der Waals surface area contributed by atoms with Crippen LogP contribution in [0.1, 0.15) is 37.0 Å². The van der Waals surface area contributed by atoms with Crippen molar-refractivity contribution in [3.63, 3.8) is 0 Å². The highest BCUT2D eigenvalue weighted by atomic mass is 19.1. The summed E-state index contributed by atoms with van der Waals surface area (Å²) in [6.07, 6.45) is 1.89. The van der Waals surface area contributed by atoms with E-state index in [0.717, 1.165) is 25.9 Å². The predicted octanol–water partition coefficient (Wildman–Crippen LogP) is 2.40. The van der Waals surface area contributed by atoms with Crippen molar-refractivity contribution in [2.75, 3.05) is 39.3 Å². The molecule has 6 heteroatoms. The number of ether oxygens (including phenoxy) is 1. The average Bonchev–Trinajstić information content (AvgIpc) is 3.45. The van der Waals surface area contributed by atoms with E-state index in [9.17, 15) is 14.3 Å². The molecule has 27 heavy (non-hydrogen) atoms. The van der Waals surface area contributed by atoms with E-state index in [1.54, 1.807) is 12.1 Å². The number of amides is 1. The summed E-state index contributed by atoms with van der Waals surface area (Å²) in [6, 6.07) is 5.75. The minimum Gasteiger partial charge on any atom is -0.392 e. The summed E-state index contributed by atoms with van der Waals surface area (Å²) in [7, 11) is 0. The van der Waals surface area contributed by atoms with Gasteiger partial charge in [0.1, 0.15) is 5.82 Å². The van der Waals surface area contributed by atoms with E-state index >= 15 is 0 Å². The van der Waals surface area contributed by atoms with E-state index in [4.69, 9.17) is 4.74 Å². The molecular weight excluding hydrogens is 347 g/mol. The van der Waals surface area contributed by atoms with Gasteiger partial charge in [0.25, 0.3) is 5.91 Å². The maximum Gasteiger partial charge on any atom is 0.253 e. The second-order valence-corrected chi connectivity index (χ2v) is 8.22.